The molecule has 1 heterocycles. The molecule has 1 aliphatic rings. The number of rotatable bonds is 5. The summed E-state index contributed by atoms with van der Waals surface area (Å²) < 4.78 is 9.58. The average Bonchev–Trinajstić information content (AvgIpc) is 3.07. The Kier molecular flexibility index (Phi) is 4.22. The summed E-state index contributed by atoms with van der Waals surface area (Å²) in [6, 6.07) is 4.56. The van der Waals surface area contributed by atoms with E-state index in [2.05, 4.69) is 33.7 Å². The molecule has 0 saturated carbocycles. The van der Waals surface area contributed by atoms with E-state index in [1.807, 2.05) is 6.92 Å². The Morgan fingerprint density at radius 2 is 2.00 bits per heavy atom. The third kappa shape index (κ3) is 3.09. The van der Waals surface area contributed by atoms with Gasteiger partial charge in [0.25, 0.3) is 0 Å². The molecule has 5 heteroatoms. The minimum atomic E-state index is 0.879. The van der Waals surface area contributed by atoms with Gasteiger partial charge in [-0.2, -0.15) is 0 Å². The third-order valence-corrected chi connectivity index (χ3v) is 4.90. The molecule has 21 heavy (non-hydrogen) atoms. The molecule has 1 aliphatic carbocycles. The summed E-state index contributed by atoms with van der Waals surface area (Å²) in [4.78, 5) is 3.53. The Morgan fingerprint density at radius 1 is 1.24 bits per heavy atom. The van der Waals surface area contributed by atoms with Gasteiger partial charge in [-0.15, -0.1) is 5.10 Å². The van der Waals surface area contributed by atoms with Crippen LogP contribution in [0.3, 0.4) is 0 Å². The highest BCUT2D eigenvalue weighted by Gasteiger charge is 2.16. The molecule has 112 valence electrons. The topological polar surface area (TPSA) is 38.2 Å². The molecule has 0 aliphatic heterocycles. The third-order valence-electron chi connectivity index (χ3n) is 4.09. The number of methoxy groups -OCH3 is 1. The minimum Gasteiger partial charge on any atom is -0.496 e. The lowest BCUT2D eigenvalue weighted by Crippen LogP contribution is -2.17. The van der Waals surface area contributed by atoms with Crippen LogP contribution in [0.5, 0.6) is 5.75 Å². The highest BCUT2D eigenvalue weighted by atomic mass is 32.1. The van der Waals surface area contributed by atoms with Gasteiger partial charge in [-0.1, -0.05) is 10.6 Å². The standard InChI is InChI=1S/C16H21N3OS/c1-11-16(21-18-17-11)10-19(2)9-14-7-12-5-4-6-13(12)8-15(14)20-3/h7-8H,4-6,9-10H2,1-3H3. The van der Waals surface area contributed by atoms with Crippen LogP contribution in [0.15, 0.2) is 12.1 Å². The summed E-state index contributed by atoms with van der Waals surface area (Å²) >= 11 is 1.48. The van der Waals surface area contributed by atoms with E-state index in [-0.39, 0.29) is 0 Å². The van der Waals surface area contributed by atoms with E-state index in [0.717, 1.165) is 24.5 Å². The number of aromatic nitrogens is 2. The Hall–Kier alpha value is -1.46. The molecule has 0 bridgehead atoms. The predicted octanol–water partition coefficient (Wildman–Crippen LogP) is 2.98. The fraction of sp³-hybridized carbons (Fsp3) is 0.500. The van der Waals surface area contributed by atoms with Gasteiger partial charge in [0.15, 0.2) is 0 Å². The molecule has 0 atom stereocenters. The van der Waals surface area contributed by atoms with Crippen molar-refractivity contribution in [3.8, 4) is 5.75 Å². The summed E-state index contributed by atoms with van der Waals surface area (Å²) in [7, 11) is 3.89. The van der Waals surface area contributed by atoms with E-state index in [4.69, 9.17) is 4.74 Å². The fourth-order valence-electron chi connectivity index (χ4n) is 2.95. The lowest BCUT2D eigenvalue weighted by Gasteiger charge is -2.19. The number of hydrogen-bond donors (Lipinski definition) is 0. The highest BCUT2D eigenvalue weighted by molar-refractivity contribution is 7.05. The smallest absolute Gasteiger partial charge is 0.123 e. The molecule has 0 unspecified atom stereocenters. The fourth-order valence-corrected chi connectivity index (χ4v) is 3.67. The maximum atomic E-state index is 5.58. The van der Waals surface area contributed by atoms with Crippen molar-refractivity contribution in [2.45, 2.75) is 39.3 Å². The van der Waals surface area contributed by atoms with E-state index >= 15 is 0 Å². The molecule has 1 aromatic heterocycles. The van der Waals surface area contributed by atoms with E-state index in [1.54, 1.807) is 7.11 Å². The first-order valence-corrected chi connectivity index (χ1v) is 8.09. The molecule has 0 spiro atoms. The lowest BCUT2D eigenvalue weighted by molar-refractivity contribution is 0.311. The van der Waals surface area contributed by atoms with Crippen molar-refractivity contribution in [3.63, 3.8) is 0 Å². The lowest BCUT2D eigenvalue weighted by atomic mass is 10.0. The van der Waals surface area contributed by atoms with Gasteiger partial charge >= 0.3 is 0 Å². The average molecular weight is 303 g/mol. The van der Waals surface area contributed by atoms with Crippen LogP contribution in [-0.4, -0.2) is 28.6 Å². The number of nitrogens with zero attached hydrogens (tertiary/aromatic N) is 3. The van der Waals surface area contributed by atoms with Crippen molar-refractivity contribution in [2.75, 3.05) is 14.2 Å². The molecule has 2 aromatic rings. The van der Waals surface area contributed by atoms with Crippen LogP contribution < -0.4 is 4.74 Å². The monoisotopic (exact) mass is 303 g/mol. The number of aryl methyl sites for hydroxylation is 3. The summed E-state index contributed by atoms with van der Waals surface area (Å²) in [5.74, 6) is 1.02. The maximum Gasteiger partial charge on any atom is 0.123 e. The van der Waals surface area contributed by atoms with Crippen molar-refractivity contribution in [1.82, 2.24) is 14.5 Å². The van der Waals surface area contributed by atoms with Crippen LogP contribution in [0.4, 0.5) is 0 Å². The summed E-state index contributed by atoms with van der Waals surface area (Å²) in [6.07, 6.45) is 3.66. The summed E-state index contributed by atoms with van der Waals surface area (Å²) in [5.41, 5.74) is 5.26. The van der Waals surface area contributed by atoms with Crippen molar-refractivity contribution in [3.05, 3.63) is 39.4 Å². The van der Waals surface area contributed by atoms with Crippen LogP contribution in [0.2, 0.25) is 0 Å². The zero-order chi connectivity index (χ0) is 14.8. The Labute approximate surface area is 129 Å². The second kappa shape index (κ2) is 6.12. The zero-order valence-corrected chi connectivity index (χ0v) is 13.7. The predicted molar refractivity (Wildman–Crippen MR) is 84.8 cm³/mol. The Balaban J connectivity index is 1.76. The van der Waals surface area contributed by atoms with Crippen LogP contribution in [-0.2, 0) is 25.9 Å². The molecule has 4 nitrogen and oxygen atoms in total. The molecule has 0 fully saturated rings. The molecule has 0 radical (unpaired) electrons. The zero-order valence-electron chi connectivity index (χ0n) is 12.8. The summed E-state index contributed by atoms with van der Waals surface area (Å²) in [6.45, 7) is 3.78. The second-order valence-electron chi connectivity index (χ2n) is 5.74. The van der Waals surface area contributed by atoms with Gasteiger partial charge in [0.2, 0.25) is 0 Å². The van der Waals surface area contributed by atoms with Crippen molar-refractivity contribution < 1.29 is 4.74 Å². The molecule has 3 rings (SSSR count). The SMILES string of the molecule is COc1cc2c(cc1CN(C)Cc1snnc1C)CCC2. The molecular formula is C16H21N3OS. The van der Waals surface area contributed by atoms with Crippen molar-refractivity contribution in [1.29, 1.82) is 0 Å². The maximum absolute atomic E-state index is 5.58. The first-order chi connectivity index (χ1) is 10.2. The first kappa shape index (κ1) is 14.5. The summed E-state index contributed by atoms with van der Waals surface area (Å²) in [5, 5.41) is 4.07. The largest absolute Gasteiger partial charge is 0.496 e. The number of fused-ring (bicyclic) bond motifs is 1. The van der Waals surface area contributed by atoms with Crippen LogP contribution >= 0.6 is 11.5 Å². The first-order valence-electron chi connectivity index (χ1n) is 7.32. The van der Waals surface area contributed by atoms with Crippen LogP contribution in [0.25, 0.3) is 0 Å². The van der Waals surface area contributed by atoms with Gasteiger partial charge in [-0.05, 0) is 62.0 Å². The van der Waals surface area contributed by atoms with Crippen molar-refractivity contribution >= 4 is 11.5 Å². The van der Waals surface area contributed by atoms with Crippen molar-refractivity contribution in [2.24, 2.45) is 0 Å². The second-order valence-corrected chi connectivity index (χ2v) is 6.58. The van der Waals surface area contributed by atoms with Crippen LogP contribution in [0.1, 0.15) is 33.7 Å². The quantitative estimate of drug-likeness (QED) is 0.851. The molecule has 0 N–H and O–H groups in total. The minimum absolute atomic E-state index is 0.879. The van der Waals surface area contributed by atoms with E-state index in [1.165, 1.54) is 52.4 Å². The Morgan fingerprint density at radius 3 is 2.67 bits per heavy atom. The molecule has 0 amide bonds. The van der Waals surface area contributed by atoms with Gasteiger partial charge in [0, 0.05) is 18.7 Å². The van der Waals surface area contributed by atoms with Crippen LogP contribution in [0, 0.1) is 6.92 Å². The van der Waals surface area contributed by atoms with Gasteiger partial charge in [0.1, 0.15) is 5.75 Å². The molecule has 1 aromatic carbocycles. The van der Waals surface area contributed by atoms with Gasteiger partial charge < -0.3 is 4.74 Å². The van der Waals surface area contributed by atoms with Gasteiger partial charge in [-0.25, -0.2) is 0 Å². The number of ether oxygens (including phenoxy) is 1. The Bertz CT molecular complexity index is 638. The van der Waals surface area contributed by atoms with Gasteiger partial charge in [-0.3, -0.25) is 4.90 Å². The highest BCUT2D eigenvalue weighted by Crippen LogP contribution is 2.30. The number of hydrogen-bond acceptors (Lipinski definition) is 5. The van der Waals surface area contributed by atoms with E-state index < -0.39 is 0 Å². The van der Waals surface area contributed by atoms with E-state index in [0.29, 0.717) is 0 Å². The molecular weight excluding hydrogens is 282 g/mol. The normalized spacial score (nSPS) is 13.7. The van der Waals surface area contributed by atoms with Gasteiger partial charge in [0.05, 0.1) is 17.7 Å². The molecule has 0 saturated heterocycles. The number of benzene rings is 1. The van der Waals surface area contributed by atoms with E-state index in [9.17, 15) is 0 Å².